The average molecular weight is 1330 g/mol. The van der Waals surface area contributed by atoms with E-state index >= 15 is 0 Å². The Labute approximate surface area is 550 Å². The Morgan fingerprint density at radius 2 is 0.541 bits per heavy atom. The molecule has 6 nitrogen and oxygen atoms in total. The maximum Gasteiger partial charge on any atom is 0.229 e. The van der Waals surface area contributed by atoms with Crippen LogP contribution in [0.25, 0.3) is 0 Å². The predicted molar refractivity (Wildman–Crippen MR) is 383 cm³/mol. The molecule has 4 atom stereocenters. The Hall–Kier alpha value is -4.68. The number of rotatable bonds is 10. The quantitative estimate of drug-likeness (QED) is 0.0642. The number of methoxy groups -OCH3 is 1. The fourth-order valence-electron chi connectivity index (χ4n) is 7.41. The molecule has 2 heterocycles. The number of ether oxygens (including phenoxy) is 1. The van der Waals surface area contributed by atoms with E-state index in [1.807, 2.05) is 254 Å². The Bertz CT molecular complexity index is 1930. The molecule has 2 amide bonds. The molecule has 2 aliphatic heterocycles. The number of carbonyl (C=O) groups is 2. The van der Waals surface area contributed by atoms with Crippen molar-refractivity contribution in [3.63, 3.8) is 0 Å². The van der Waals surface area contributed by atoms with Gasteiger partial charge in [0.25, 0.3) is 0 Å². The van der Waals surface area contributed by atoms with Crippen molar-refractivity contribution in [1.29, 1.82) is 0 Å². The van der Waals surface area contributed by atoms with Crippen LogP contribution in [0.2, 0.25) is 0 Å². The summed E-state index contributed by atoms with van der Waals surface area (Å²) >= 11 is 3.38. The number of β-lactam (4-membered cyclic amide) rings is 2. The van der Waals surface area contributed by atoms with Gasteiger partial charge in [0.05, 0.1) is 29.5 Å². The minimum absolute atomic E-state index is 0. The van der Waals surface area contributed by atoms with Crippen molar-refractivity contribution in [2.45, 2.75) is 228 Å². The molecule has 0 aromatic heterocycles. The van der Waals surface area contributed by atoms with Crippen LogP contribution in [0.15, 0.2) is 182 Å². The van der Waals surface area contributed by atoms with Gasteiger partial charge in [-0.1, -0.05) is 357 Å². The average Bonchev–Trinajstić information content (AvgIpc) is 3.52. The molecule has 6 aromatic carbocycles. The minimum atomic E-state index is 0. The zero-order chi connectivity index (χ0) is 65.8. The minimum Gasteiger partial charge on any atom is -0.400 e. The maximum absolute atomic E-state index is 12.9. The fraction of sp³-hybridized carbons (Fsp3) is 0.494. The van der Waals surface area contributed by atoms with Crippen molar-refractivity contribution >= 4 is 27.7 Å². The summed E-state index contributed by atoms with van der Waals surface area (Å²) in [5.41, 5.74) is 7.28. The molecule has 1 N–H and O–H groups in total. The van der Waals surface area contributed by atoms with Crippen molar-refractivity contribution < 1.29 is 39.9 Å². The number of benzene rings is 6. The number of likely N-dealkylation sites (tertiary alicyclic amines) is 2. The Morgan fingerprint density at radius 3 is 0.718 bits per heavy atom. The Kier molecular flexibility index (Phi) is 80.0. The van der Waals surface area contributed by atoms with E-state index in [2.05, 4.69) is 134 Å². The molecule has 8 rings (SSSR count). The van der Waals surface area contributed by atoms with E-state index in [9.17, 15) is 9.59 Å². The Morgan fingerprint density at radius 1 is 0.376 bits per heavy atom. The van der Waals surface area contributed by atoms with Crippen molar-refractivity contribution in [1.82, 2.24) is 9.80 Å². The zero-order valence-corrected chi connectivity index (χ0v) is 62.9. The van der Waals surface area contributed by atoms with Crippen LogP contribution in [-0.4, -0.2) is 50.9 Å². The maximum atomic E-state index is 12.9. The number of aliphatic hydroxyl groups is 1. The normalized spacial score (nSPS) is 13.8. The van der Waals surface area contributed by atoms with Gasteiger partial charge in [-0.05, 0) is 67.0 Å². The molecule has 0 spiro atoms. The van der Waals surface area contributed by atoms with E-state index in [-0.39, 0.29) is 69.2 Å². The number of amides is 2. The molecule has 8 heteroatoms. The second-order valence-corrected chi connectivity index (χ2v) is 20.0. The first-order valence-corrected chi connectivity index (χ1v) is 32.6. The molecular weight excluding hydrogens is 1200 g/mol. The van der Waals surface area contributed by atoms with Gasteiger partial charge in [-0.25, -0.2) is 0 Å². The summed E-state index contributed by atoms with van der Waals surface area (Å²) in [5.74, 6) is 0.546. The van der Waals surface area contributed by atoms with Crippen LogP contribution in [0.1, 0.15) is 225 Å². The summed E-state index contributed by atoms with van der Waals surface area (Å²) in [4.78, 5) is 29.8. The van der Waals surface area contributed by atoms with Crippen LogP contribution >= 0.6 is 15.9 Å². The van der Waals surface area contributed by atoms with Gasteiger partial charge in [-0.3, -0.25) is 9.59 Å². The molecule has 85 heavy (non-hydrogen) atoms. The van der Waals surface area contributed by atoms with Gasteiger partial charge in [-0.2, -0.15) is 0 Å². The number of aliphatic hydroxyl groups excluding tert-OH is 1. The van der Waals surface area contributed by atoms with Gasteiger partial charge < -0.3 is 27.1 Å². The van der Waals surface area contributed by atoms with Crippen LogP contribution in [0, 0.1) is 19.3 Å². The molecule has 0 bridgehead atoms. The first-order chi connectivity index (χ1) is 40.2. The fourth-order valence-corrected chi connectivity index (χ4v) is 7.41. The SMILES string of the molecule is CC.CC.CC.CC.CC.CC.CC.CC.CC.CC.CC(C)(C)Br.CO.COC(C)(C)C.O=C1C(Cc2ccccc2)C(c2ccccc2)N1Cc1ccccc1.O=C1C(Cc2ccccc2)C(c2ccccc2)N1Cc1ccccc1.[CH3-].[Pd]. The number of hydrogen-bond acceptors (Lipinski definition) is 4. The summed E-state index contributed by atoms with van der Waals surface area (Å²) in [6.07, 6.45) is 1.59. The largest absolute Gasteiger partial charge is 0.400 e. The second kappa shape index (κ2) is 68.4. The van der Waals surface area contributed by atoms with Crippen LogP contribution in [0.5, 0.6) is 0 Å². The molecule has 6 aromatic rings. The number of halogens is 1. The summed E-state index contributed by atoms with van der Waals surface area (Å²) < 4.78 is 5.25. The van der Waals surface area contributed by atoms with Gasteiger partial charge in [0.15, 0.2) is 0 Å². The van der Waals surface area contributed by atoms with E-state index in [0.29, 0.717) is 17.4 Å². The van der Waals surface area contributed by atoms with E-state index in [1.54, 1.807) is 7.11 Å². The zero-order valence-electron chi connectivity index (χ0n) is 59.7. The third kappa shape index (κ3) is 45.3. The monoisotopic (exact) mass is 1330 g/mol. The number of alkyl halides is 1. The third-order valence-electron chi connectivity index (χ3n) is 10.5. The smallest absolute Gasteiger partial charge is 0.229 e. The van der Waals surface area contributed by atoms with Crippen LogP contribution < -0.4 is 0 Å². The molecular formula is C77H130BrN2O4Pd-. The number of hydrogen-bond donors (Lipinski definition) is 1. The van der Waals surface area contributed by atoms with E-state index < -0.39 is 0 Å². The van der Waals surface area contributed by atoms with Gasteiger partial charge in [0.1, 0.15) is 0 Å². The molecule has 0 aliphatic carbocycles. The van der Waals surface area contributed by atoms with Crippen molar-refractivity contribution in [2.75, 3.05) is 14.2 Å². The van der Waals surface area contributed by atoms with Crippen LogP contribution in [0.4, 0.5) is 0 Å². The van der Waals surface area contributed by atoms with Crippen molar-refractivity contribution in [2.24, 2.45) is 11.8 Å². The second-order valence-electron chi connectivity index (χ2n) is 17.6. The third-order valence-corrected chi connectivity index (χ3v) is 10.5. The molecule has 2 fully saturated rings. The number of carbonyl (C=O) groups excluding carboxylic acids is 2. The first kappa shape index (κ1) is 99.4. The van der Waals surface area contributed by atoms with E-state index in [0.717, 1.165) is 20.0 Å². The Balaban J connectivity index is -0.000000128. The molecule has 0 radical (unpaired) electrons. The molecule has 0 saturated carbocycles. The van der Waals surface area contributed by atoms with Crippen LogP contribution in [0.3, 0.4) is 0 Å². The summed E-state index contributed by atoms with van der Waals surface area (Å²) in [6.45, 7) is 53.7. The summed E-state index contributed by atoms with van der Waals surface area (Å²) in [7, 11) is 2.71. The van der Waals surface area contributed by atoms with Crippen molar-refractivity contribution in [3.05, 3.63) is 223 Å². The van der Waals surface area contributed by atoms with Crippen molar-refractivity contribution in [3.8, 4) is 0 Å². The number of nitrogens with zero attached hydrogens (tertiary/aromatic N) is 2. The standard InChI is InChI=1S/2C23H21NO.C5H12O.C4H9Br.10C2H6.CH4O.CH3.Pd/c2*25-23-21(16-18-10-4-1-5-11-18)22(20-14-8-3-9-15-20)24(23)17-19-12-6-2-7-13-19;1-5(2,3)6-4;1-4(2,3)5;11*1-2;;/h2*1-15,21-22H,16-17H2;1-4H3;1-3H3;10*1-2H3;2H,1H3;1H3;/q;;;;;;;;;;;;;;;-1;. The van der Waals surface area contributed by atoms with Gasteiger partial charge >= 0.3 is 0 Å². The molecule has 2 saturated heterocycles. The van der Waals surface area contributed by atoms with Gasteiger partial charge in [0.2, 0.25) is 11.8 Å². The van der Waals surface area contributed by atoms with Crippen LogP contribution in [-0.2, 0) is 60.7 Å². The molecule has 4 unspecified atom stereocenters. The van der Waals surface area contributed by atoms with Gasteiger partial charge in [-0.15, -0.1) is 0 Å². The van der Waals surface area contributed by atoms with Gasteiger partial charge in [0, 0.05) is 52.1 Å². The predicted octanol–water partition coefficient (Wildman–Crippen LogP) is 23.2. The topological polar surface area (TPSA) is 70.1 Å². The molecule has 490 valence electrons. The summed E-state index contributed by atoms with van der Waals surface area (Å²) in [6, 6.07) is 62.2. The van der Waals surface area contributed by atoms with E-state index in [4.69, 9.17) is 9.84 Å². The first-order valence-electron chi connectivity index (χ1n) is 31.8. The summed E-state index contributed by atoms with van der Waals surface area (Å²) in [5, 5.41) is 7.00. The molecule has 2 aliphatic rings. The van der Waals surface area contributed by atoms with E-state index in [1.165, 1.54) is 33.4 Å².